The maximum atomic E-state index is 3.89. The second-order valence-corrected chi connectivity index (χ2v) is 6.75. The van der Waals surface area contributed by atoms with Crippen molar-refractivity contribution in [2.45, 2.75) is 70.4 Å². The zero-order chi connectivity index (χ0) is 12.4. The van der Waals surface area contributed by atoms with E-state index in [1.807, 2.05) is 0 Å². The number of nitrogens with one attached hydrogen (secondary N) is 1. The molecule has 1 N–H and O–H groups in total. The van der Waals surface area contributed by atoms with Gasteiger partial charge in [-0.05, 0) is 63.3 Å². The van der Waals surface area contributed by atoms with Gasteiger partial charge in [-0.2, -0.15) is 0 Å². The van der Waals surface area contributed by atoms with Crippen LogP contribution in [0, 0.1) is 11.8 Å². The molecule has 2 nitrogen and oxygen atoms in total. The van der Waals surface area contributed by atoms with Crippen LogP contribution in [-0.4, -0.2) is 36.6 Å². The van der Waals surface area contributed by atoms with Crippen molar-refractivity contribution in [2.24, 2.45) is 11.8 Å². The zero-order valence-corrected chi connectivity index (χ0v) is 12.0. The van der Waals surface area contributed by atoms with Crippen molar-refractivity contribution in [3.8, 4) is 0 Å². The van der Waals surface area contributed by atoms with Gasteiger partial charge >= 0.3 is 0 Å². The lowest BCUT2D eigenvalue weighted by Gasteiger charge is -2.35. The molecule has 1 aliphatic heterocycles. The molecular weight excluding hydrogens is 220 g/mol. The van der Waals surface area contributed by atoms with Crippen LogP contribution in [0.5, 0.6) is 0 Å². The summed E-state index contributed by atoms with van der Waals surface area (Å²) in [6, 6.07) is 1.76. The lowest BCUT2D eigenvalue weighted by atomic mass is 10.00. The average molecular weight is 250 g/mol. The number of rotatable bonds is 7. The summed E-state index contributed by atoms with van der Waals surface area (Å²) in [5, 5.41) is 3.89. The van der Waals surface area contributed by atoms with Crippen LogP contribution in [0.25, 0.3) is 0 Å². The number of piperidine rings is 1. The van der Waals surface area contributed by atoms with Crippen molar-refractivity contribution < 1.29 is 0 Å². The first-order valence-electron chi connectivity index (χ1n) is 8.36. The highest BCUT2D eigenvalue weighted by Gasteiger charge is 2.40. The molecule has 2 aliphatic carbocycles. The quantitative estimate of drug-likeness (QED) is 0.747. The Bertz CT molecular complexity index is 246. The van der Waals surface area contributed by atoms with E-state index in [2.05, 4.69) is 17.1 Å². The number of likely N-dealkylation sites (tertiary alicyclic amines) is 1. The van der Waals surface area contributed by atoms with Gasteiger partial charge < -0.3 is 5.32 Å². The smallest absolute Gasteiger partial charge is 0.0124 e. The average Bonchev–Trinajstić information content (AvgIpc) is 3.28. The fourth-order valence-electron chi connectivity index (χ4n) is 3.82. The third kappa shape index (κ3) is 3.27. The van der Waals surface area contributed by atoms with Crippen molar-refractivity contribution in [3.63, 3.8) is 0 Å². The van der Waals surface area contributed by atoms with Gasteiger partial charge in [0, 0.05) is 25.2 Å². The molecule has 18 heavy (non-hydrogen) atoms. The molecule has 0 aromatic carbocycles. The lowest BCUT2D eigenvalue weighted by Crippen LogP contribution is -2.45. The largest absolute Gasteiger partial charge is 0.312 e. The molecule has 1 saturated heterocycles. The predicted molar refractivity (Wildman–Crippen MR) is 76.7 cm³/mol. The summed E-state index contributed by atoms with van der Waals surface area (Å²) in [5.41, 5.74) is 0. The summed E-state index contributed by atoms with van der Waals surface area (Å²) >= 11 is 0. The third-order valence-corrected chi connectivity index (χ3v) is 5.26. The molecule has 2 heteroatoms. The minimum atomic E-state index is 0.876. The maximum Gasteiger partial charge on any atom is 0.0124 e. The van der Waals surface area contributed by atoms with Crippen molar-refractivity contribution in [3.05, 3.63) is 0 Å². The van der Waals surface area contributed by atoms with Crippen molar-refractivity contribution >= 4 is 0 Å². The summed E-state index contributed by atoms with van der Waals surface area (Å²) in [4.78, 5) is 2.74. The minimum Gasteiger partial charge on any atom is -0.312 e. The first-order chi connectivity index (χ1) is 8.88. The molecule has 1 atom stereocenters. The number of hydrogen-bond acceptors (Lipinski definition) is 2. The summed E-state index contributed by atoms with van der Waals surface area (Å²) in [6.07, 6.45) is 11.6. The Morgan fingerprint density at radius 3 is 2.39 bits per heavy atom. The minimum absolute atomic E-state index is 0.876. The van der Waals surface area contributed by atoms with Crippen LogP contribution < -0.4 is 5.32 Å². The molecule has 0 aromatic heterocycles. The van der Waals surface area contributed by atoms with Crippen LogP contribution in [0.3, 0.4) is 0 Å². The maximum absolute atomic E-state index is 3.89. The SMILES string of the molecule is CCC1CCCCN1CCNC(C1CC1)C1CC1. The highest BCUT2D eigenvalue weighted by Crippen LogP contribution is 2.44. The lowest BCUT2D eigenvalue weighted by molar-refractivity contribution is 0.142. The van der Waals surface area contributed by atoms with E-state index in [1.165, 1.54) is 71.0 Å². The van der Waals surface area contributed by atoms with Crippen LogP contribution in [0.15, 0.2) is 0 Å². The topological polar surface area (TPSA) is 15.3 Å². The van der Waals surface area contributed by atoms with Crippen LogP contribution >= 0.6 is 0 Å². The van der Waals surface area contributed by atoms with Crippen LogP contribution in [0.1, 0.15) is 58.3 Å². The summed E-state index contributed by atoms with van der Waals surface area (Å²) < 4.78 is 0. The van der Waals surface area contributed by atoms with E-state index in [9.17, 15) is 0 Å². The van der Waals surface area contributed by atoms with Gasteiger partial charge in [0.25, 0.3) is 0 Å². The fourth-order valence-corrected chi connectivity index (χ4v) is 3.82. The highest BCUT2D eigenvalue weighted by molar-refractivity contribution is 4.96. The molecule has 2 saturated carbocycles. The Morgan fingerprint density at radius 1 is 1.06 bits per heavy atom. The first kappa shape index (κ1) is 12.9. The second kappa shape index (κ2) is 5.92. The molecule has 1 unspecified atom stereocenters. The molecule has 0 radical (unpaired) electrons. The Hall–Kier alpha value is -0.0800. The van der Waals surface area contributed by atoms with E-state index in [4.69, 9.17) is 0 Å². The Labute approximate surface area is 113 Å². The van der Waals surface area contributed by atoms with E-state index in [0.717, 1.165) is 23.9 Å². The van der Waals surface area contributed by atoms with Gasteiger partial charge in [-0.3, -0.25) is 4.90 Å². The molecule has 0 spiro atoms. The van der Waals surface area contributed by atoms with Crippen LogP contribution in [0.4, 0.5) is 0 Å². The number of hydrogen-bond donors (Lipinski definition) is 1. The molecule has 0 aromatic rings. The monoisotopic (exact) mass is 250 g/mol. The normalized spacial score (nSPS) is 30.0. The van der Waals surface area contributed by atoms with Gasteiger partial charge in [-0.15, -0.1) is 0 Å². The zero-order valence-electron chi connectivity index (χ0n) is 12.0. The Morgan fingerprint density at radius 2 is 1.78 bits per heavy atom. The van der Waals surface area contributed by atoms with E-state index < -0.39 is 0 Å². The van der Waals surface area contributed by atoms with Crippen LogP contribution in [0.2, 0.25) is 0 Å². The standard InChI is InChI=1S/C16H30N2/c1-2-15-5-3-4-11-18(15)12-10-17-16(13-6-7-13)14-8-9-14/h13-17H,2-12H2,1H3. The summed E-state index contributed by atoms with van der Waals surface area (Å²) in [6.45, 7) is 6.22. The molecule has 1 heterocycles. The third-order valence-electron chi connectivity index (χ3n) is 5.26. The Kier molecular flexibility index (Phi) is 4.25. The molecule has 3 rings (SSSR count). The first-order valence-corrected chi connectivity index (χ1v) is 8.36. The van der Waals surface area contributed by atoms with E-state index in [-0.39, 0.29) is 0 Å². The predicted octanol–water partition coefficient (Wildman–Crippen LogP) is 3.03. The van der Waals surface area contributed by atoms with Crippen molar-refractivity contribution in [2.75, 3.05) is 19.6 Å². The van der Waals surface area contributed by atoms with E-state index >= 15 is 0 Å². The summed E-state index contributed by atoms with van der Waals surface area (Å²) in [7, 11) is 0. The Balaban J connectivity index is 1.39. The molecule has 3 fully saturated rings. The summed E-state index contributed by atoms with van der Waals surface area (Å²) in [5.74, 6) is 2.08. The van der Waals surface area contributed by atoms with E-state index in [1.54, 1.807) is 0 Å². The molecule has 0 amide bonds. The molecule has 3 aliphatic rings. The van der Waals surface area contributed by atoms with Crippen molar-refractivity contribution in [1.29, 1.82) is 0 Å². The van der Waals surface area contributed by atoms with Gasteiger partial charge in [0.15, 0.2) is 0 Å². The van der Waals surface area contributed by atoms with E-state index in [0.29, 0.717) is 0 Å². The molecule has 0 bridgehead atoms. The fraction of sp³-hybridized carbons (Fsp3) is 1.00. The van der Waals surface area contributed by atoms with Gasteiger partial charge in [0.05, 0.1) is 0 Å². The van der Waals surface area contributed by atoms with Gasteiger partial charge in [0.1, 0.15) is 0 Å². The van der Waals surface area contributed by atoms with Gasteiger partial charge in [-0.1, -0.05) is 13.3 Å². The van der Waals surface area contributed by atoms with Gasteiger partial charge in [0.2, 0.25) is 0 Å². The number of nitrogens with zero attached hydrogens (tertiary/aromatic N) is 1. The second-order valence-electron chi connectivity index (χ2n) is 6.75. The molecule has 104 valence electrons. The van der Waals surface area contributed by atoms with Crippen molar-refractivity contribution in [1.82, 2.24) is 10.2 Å². The molecular formula is C16H30N2. The van der Waals surface area contributed by atoms with Gasteiger partial charge in [-0.25, -0.2) is 0 Å². The highest BCUT2D eigenvalue weighted by atomic mass is 15.2. The van der Waals surface area contributed by atoms with Crippen LogP contribution in [-0.2, 0) is 0 Å².